The molecule has 2 rings (SSSR count). The fraction of sp³-hybridized carbons (Fsp3) is 0.471. The lowest BCUT2D eigenvalue weighted by Crippen LogP contribution is -2.08. The normalized spacial score (nSPS) is 10.6. The molecule has 1 heterocycles. The number of nitrogens with zero attached hydrogens (tertiary/aromatic N) is 3. The quantitative estimate of drug-likeness (QED) is 0.785. The zero-order valence-electron chi connectivity index (χ0n) is 13.0. The van der Waals surface area contributed by atoms with Gasteiger partial charge < -0.3 is 5.32 Å². The van der Waals surface area contributed by atoms with Gasteiger partial charge in [-0.15, -0.1) is 0 Å². The maximum Gasteiger partial charge on any atom is 0.230 e. The van der Waals surface area contributed by atoms with Crippen LogP contribution in [0.25, 0.3) is 0 Å². The van der Waals surface area contributed by atoms with Crippen LogP contribution >= 0.6 is 0 Å². The molecule has 112 valence electrons. The van der Waals surface area contributed by atoms with Crippen molar-refractivity contribution in [1.82, 2.24) is 15.0 Å². The Labute approximate surface area is 127 Å². The number of aryl methyl sites for hydroxylation is 2. The van der Waals surface area contributed by atoms with Gasteiger partial charge in [0.15, 0.2) is 0 Å². The Morgan fingerprint density at radius 3 is 1.90 bits per heavy atom. The highest BCUT2D eigenvalue weighted by Gasteiger charge is 2.06. The Morgan fingerprint density at radius 2 is 1.38 bits per heavy atom. The lowest BCUT2D eigenvalue weighted by molar-refractivity contribution is 0.703. The smallest absolute Gasteiger partial charge is 0.230 e. The van der Waals surface area contributed by atoms with Crippen LogP contribution in [0.5, 0.6) is 0 Å². The third-order valence-electron chi connectivity index (χ3n) is 3.27. The van der Waals surface area contributed by atoms with E-state index in [-0.39, 0.29) is 0 Å². The lowest BCUT2D eigenvalue weighted by atomic mass is 10.2. The molecule has 4 heteroatoms. The van der Waals surface area contributed by atoms with E-state index in [0.29, 0.717) is 5.95 Å². The zero-order chi connectivity index (χ0) is 14.9. The van der Waals surface area contributed by atoms with Gasteiger partial charge in [-0.25, -0.2) is 4.98 Å². The number of hydrogen-bond donors (Lipinski definition) is 1. The molecule has 0 saturated heterocycles. The molecule has 21 heavy (non-hydrogen) atoms. The SMILES string of the molecule is CCCCc1nc(CCCC)nc(Nc2ccccc2)n1. The first-order valence-corrected chi connectivity index (χ1v) is 7.87. The molecule has 0 saturated carbocycles. The van der Waals surface area contributed by atoms with Crippen LogP contribution in [-0.2, 0) is 12.8 Å². The van der Waals surface area contributed by atoms with E-state index >= 15 is 0 Å². The van der Waals surface area contributed by atoms with Crippen molar-refractivity contribution in [2.75, 3.05) is 5.32 Å². The van der Waals surface area contributed by atoms with Crippen LogP contribution in [0.4, 0.5) is 11.6 Å². The summed E-state index contributed by atoms with van der Waals surface area (Å²) < 4.78 is 0. The summed E-state index contributed by atoms with van der Waals surface area (Å²) in [6.07, 6.45) is 6.36. The molecule has 0 atom stereocenters. The molecule has 2 aromatic rings. The maximum atomic E-state index is 4.59. The van der Waals surface area contributed by atoms with E-state index < -0.39 is 0 Å². The second-order valence-electron chi connectivity index (χ2n) is 5.19. The highest BCUT2D eigenvalue weighted by atomic mass is 15.2. The predicted molar refractivity (Wildman–Crippen MR) is 86.8 cm³/mol. The van der Waals surface area contributed by atoms with Gasteiger partial charge >= 0.3 is 0 Å². The van der Waals surface area contributed by atoms with Crippen LogP contribution in [0.2, 0.25) is 0 Å². The lowest BCUT2D eigenvalue weighted by Gasteiger charge is -2.08. The predicted octanol–water partition coefficient (Wildman–Crippen LogP) is 4.30. The van der Waals surface area contributed by atoms with E-state index in [4.69, 9.17) is 0 Å². The van der Waals surface area contributed by atoms with Gasteiger partial charge in [-0.05, 0) is 25.0 Å². The molecule has 0 aliphatic carbocycles. The molecule has 4 nitrogen and oxygen atoms in total. The van der Waals surface area contributed by atoms with Gasteiger partial charge in [0, 0.05) is 18.5 Å². The highest BCUT2D eigenvalue weighted by molar-refractivity contribution is 5.52. The molecule has 1 N–H and O–H groups in total. The largest absolute Gasteiger partial charge is 0.324 e. The second kappa shape index (κ2) is 8.35. The fourth-order valence-electron chi connectivity index (χ4n) is 2.07. The first-order valence-electron chi connectivity index (χ1n) is 7.87. The summed E-state index contributed by atoms with van der Waals surface area (Å²) in [5.74, 6) is 2.46. The van der Waals surface area contributed by atoms with Gasteiger partial charge in [-0.2, -0.15) is 9.97 Å². The number of anilines is 2. The Kier molecular flexibility index (Phi) is 6.13. The summed E-state index contributed by atoms with van der Waals surface area (Å²) in [5, 5.41) is 3.28. The molecule has 1 aromatic heterocycles. The van der Waals surface area contributed by atoms with Crippen molar-refractivity contribution >= 4 is 11.6 Å². The molecule has 0 unspecified atom stereocenters. The van der Waals surface area contributed by atoms with Crippen molar-refractivity contribution in [3.05, 3.63) is 42.0 Å². The van der Waals surface area contributed by atoms with E-state index in [1.165, 1.54) is 0 Å². The third-order valence-corrected chi connectivity index (χ3v) is 3.27. The van der Waals surface area contributed by atoms with Crippen molar-refractivity contribution in [3.63, 3.8) is 0 Å². The first kappa shape index (κ1) is 15.4. The Morgan fingerprint density at radius 1 is 0.810 bits per heavy atom. The van der Waals surface area contributed by atoms with Gasteiger partial charge in [-0.1, -0.05) is 44.9 Å². The summed E-state index contributed by atoms with van der Waals surface area (Å²) in [6, 6.07) is 10.0. The van der Waals surface area contributed by atoms with Gasteiger partial charge in [0.2, 0.25) is 5.95 Å². The molecule has 0 bridgehead atoms. The number of hydrogen-bond acceptors (Lipinski definition) is 4. The molecule has 0 spiro atoms. The number of para-hydroxylation sites is 1. The van der Waals surface area contributed by atoms with Crippen LogP contribution in [0.15, 0.2) is 30.3 Å². The van der Waals surface area contributed by atoms with Crippen molar-refractivity contribution in [3.8, 4) is 0 Å². The molecule has 0 radical (unpaired) electrons. The minimum Gasteiger partial charge on any atom is -0.324 e. The van der Waals surface area contributed by atoms with E-state index in [0.717, 1.165) is 55.9 Å². The Hall–Kier alpha value is -1.97. The monoisotopic (exact) mass is 284 g/mol. The first-order chi connectivity index (χ1) is 10.3. The van der Waals surface area contributed by atoms with Gasteiger partial charge in [0.1, 0.15) is 11.6 Å². The standard InChI is InChI=1S/C17H24N4/c1-3-5-12-15-19-16(13-6-4-2)21-17(20-15)18-14-10-8-7-9-11-14/h7-11H,3-6,12-13H2,1-2H3,(H,18,19,20,21). The molecular formula is C17H24N4. The van der Waals surface area contributed by atoms with Crippen molar-refractivity contribution in [2.45, 2.75) is 52.4 Å². The van der Waals surface area contributed by atoms with Crippen LogP contribution < -0.4 is 5.32 Å². The topological polar surface area (TPSA) is 50.7 Å². The van der Waals surface area contributed by atoms with E-state index in [2.05, 4.69) is 34.1 Å². The summed E-state index contributed by atoms with van der Waals surface area (Å²) in [4.78, 5) is 13.7. The van der Waals surface area contributed by atoms with Crippen LogP contribution in [-0.4, -0.2) is 15.0 Å². The summed E-state index contributed by atoms with van der Waals surface area (Å²) >= 11 is 0. The van der Waals surface area contributed by atoms with Crippen molar-refractivity contribution in [2.24, 2.45) is 0 Å². The zero-order valence-corrected chi connectivity index (χ0v) is 13.0. The second-order valence-corrected chi connectivity index (χ2v) is 5.19. The van der Waals surface area contributed by atoms with Gasteiger partial charge in [0.25, 0.3) is 0 Å². The number of unbranched alkanes of at least 4 members (excludes halogenated alkanes) is 2. The molecule has 0 aliphatic heterocycles. The Balaban J connectivity index is 2.17. The Bertz CT molecular complexity index is 513. The summed E-state index contributed by atoms with van der Waals surface area (Å²) in [6.45, 7) is 4.37. The van der Waals surface area contributed by atoms with Crippen molar-refractivity contribution < 1.29 is 0 Å². The van der Waals surface area contributed by atoms with E-state index in [1.54, 1.807) is 0 Å². The molecular weight excluding hydrogens is 260 g/mol. The molecule has 0 amide bonds. The number of nitrogens with one attached hydrogen (secondary N) is 1. The summed E-state index contributed by atoms with van der Waals surface area (Å²) in [7, 11) is 0. The average Bonchev–Trinajstić information content (AvgIpc) is 2.52. The van der Waals surface area contributed by atoms with Crippen molar-refractivity contribution in [1.29, 1.82) is 0 Å². The maximum absolute atomic E-state index is 4.59. The average molecular weight is 284 g/mol. The minimum absolute atomic E-state index is 0.661. The highest BCUT2D eigenvalue weighted by Crippen LogP contribution is 2.13. The number of aromatic nitrogens is 3. The molecule has 0 fully saturated rings. The summed E-state index contributed by atoms with van der Waals surface area (Å²) in [5.41, 5.74) is 1.01. The van der Waals surface area contributed by atoms with Crippen LogP contribution in [0.3, 0.4) is 0 Å². The van der Waals surface area contributed by atoms with E-state index in [1.807, 2.05) is 30.3 Å². The molecule has 1 aromatic carbocycles. The van der Waals surface area contributed by atoms with Gasteiger partial charge in [0.05, 0.1) is 0 Å². The van der Waals surface area contributed by atoms with E-state index in [9.17, 15) is 0 Å². The molecule has 0 aliphatic rings. The number of benzene rings is 1. The van der Waals surface area contributed by atoms with Gasteiger partial charge in [-0.3, -0.25) is 0 Å². The van der Waals surface area contributed by atoms with Crippen LogP contribution in [0.1, 0.15) is 51.2 Å². The van der Waals surface area contributed by atoms with Crippen LogP contribution in [0, 0.1) is 0 Å². The minimum atomic E-state index is 0.661. The number of rotatable bonds is 8. The third kappa shape index (κ3) is 5.14. The fourth-order valence-corrected chi connectivity index (χ4v) is 2.07.